The van der Waals surface area contributed by atoms with Crippen molar-refractivity contribution in [3.8, 4) is 0 Å². The van der Waals surface area contributed by atoms with Crippen LogP contribution in [-0.2, 0) is 0 Å². The Morgan fingerprint density at radius 1 is 0.610 bits per heavy atom. The van der Waals surface area contributed by atoms with E-state index in [1.807, 2.05) is 48.5 Å². The third kappa shape index (κ3) is 4.42. The lowest BCUT2D eigenvalue weighted by Gasteiger charge is -2.14. The maximum absolute atomic E-state index is 13.4. The van der Waals surface area contributed by atoms with Gasteiger partial charge in [0.2, 0.25) is 0 Å². The molecule has 4 aromatic carbocycles. The fourth-order valence-corrected chi connectivity index (χ4v) is 6.31. The van der Waals surface area contributed by atoms with Crippen LogP contribution in [0.15, 0.2) is 91.0 Å². The Bertz CT molecular complexity index is 2000. The Labute approximate surface area is 240 Å². The predicted molar refractivity (Wildman–Crippen MR) is 159 cm³/mol. The van der Waals surface area contributed by atoms with Crippen molar-refractivity contribution in [3.05, 3.63) is 113 Å². The molecule has 7 rings (SSSR count). The monoisotopic (exact) mass is 575 g/mol. The number of hydrogen-bond acceptors (Lipinski definition) is 8. The number of amides is 4. The predicted octanol–water partition coefficient (Wildman–Crippen LogP) is 6.21. The summed E-state index contributed by atoms with van der Waals surface area (Å²) in [4.78, 5) is 62.4. The Morgan fingerprint density at radius 3 is 1.78 bits per heavy atom. The molecule has 198 valence electrons. The molecule has 0 radical (unpaired) electrons. The fourth-order valence-electron chi connectivity index (χ4n) is 4.59. The normalized spacial score (nSPS) is 12.6. The van der Waals surface area contributed by atoms with Crippen LogP contribution in [0.5, 0.6) is 0 Å². The van der Waals surface area contributed by atoms with E-state index in [4.69, 9.17) is 0 Å². The molecule has 11 heteroatoms. The van der Waals surface area contributed by atoms with Crippen molar-refractivity contribution in [2.75, 3.05) is 15.5 Å². The molecule has 0 atom stereocenters. The number of thiazole rings is 2. The molecule has 41 heavy (non-hydrogen) atoms. The van der Waals surface area contributed by atoms with Crippen molar-refractivity contribution >= 4 is 82.7 Å². The maximum atomic E-state index is 13.4. The third-order valence-corrected chi connectivity index (χ3v) is 8.45. The van der Waals surface area contributed by atoms with Crippen molar-refractivity contribution < 1.29 is 19.2 Å². The average molecular weight is 576 g/mol. The third-order valence-electron chi connectivity index (χ3n) is 6.54. The fraction of sp³-hybridized carbons (Fsp3) is 0. The number of hydrogen-bond donors (Lipinski definition) is 2. The Hall–Kier alpha value is -5.26. The first-order valence-electron chi connectivity index (χ1n) is 12.4. The van der Waals surface area contributed by atoms with E-state index in [-0.39, 0.29) is 27.9 Å². The van der Waals surface area contributed by atoms with Gasteiger partial charge in [-0.25, -0.2) is 14.9 Å². The van der Waals surface area contributed by atoms with Gasteiger partial charge < -0.3 is 0 Å². The van der Waals surface area contributed by atoms with Gasteiger partial charge in [0.1, 0.15) is 0 Å². The number of carbonyl (C=O) groups is 4. The summed E-state index contributed by atoms with van der Waals surface area (Å²) >= 11 is 2.69. The van der Waals surface area contributed by atoms with Gasteiger partial charge in [0.15, 0.2) is 10.3 Å². The van der Waals surface area contributed by atoms with E-state index in [0.717, 1.165) is 25.3 Å². The highest BCUT2D eigenvalue weighted by atomic mass is 32.1. The van der Waals surface area contributed by atoms with E-state index in [9.17, 15) is 19.2 Å². The highest BCUT2D eigenvalue weighted by Gasteiger charge is 2.37. The van der Waals surface area contributed by atoms with Gasteiger partial charge in [-0.1, -0.05) is 53.0 Å². The van der Waals surface area contributed by atoms with Gasteiger partial charge in [0.25, 0.3) is 23.6 Å². The second kappa shape index (κ2) is 9.73. The van der Waals surface area contributed by atoms with E-state index in [1.54, 1.807) is 18.2 Å². The summed E-state index contributed by atoms with van der Waals surface area (Å²) in [6, 6.07) is 25.7. The molecule has 0 bridgehead atoms. The number of fused-ring (bicyclic) bond motifs is 3. The second-order valence-corrected chi connectivity index (χ2v) is 11.2. The summed E-state index contributed by atoms with van der Waals surface area (Å²) in [5.41, 5.74) is 2.56. The first-order valence-corrected chi connectivity index (χ1v) is 14.0. The molecule has 0 spiro atoms. The van der Waals surface area contributed by atoms with Crippen LogP contribution in [0.25, 0.3) is 20.4 Å². The summed E-state index contributed by atoms with van der Waals surface area (Å²) < 4.78 is 1.87. The van der Waals surface area contributed by atoms with Crippen LogP contribution in [0.2, 0.25) is 0 Å². The van der Waals surface area contributed by atoms with E-state index in [0.29, 0.717) is 10.3 Å². The summed E-state index contributed by atoms with van der Waals surface area (Å²) in [6.07, 6.45) is 0. The van der Waals surface area contributed by atoms with E-state index in [1.165, 1.54) is 46.9 Å². The van der Waals surface area contributed by atoms with Crippen LogP contribution in [0.4, 0.5) is 16.0 Å². The van der Waals surface area contributed by atoms with Crippen LogP contribution >= 0.6 is 22.7 Å². The molecule has 1 aliphatic rings. The van der Waals surface area contributed by atoms with E-state index < -0.39 is 23.6 Å². The van der Waals surface area contributed by atoms with Gasteiger partial charge in [-0.05, 0) is 60.7 Å². The molecule has 0 unspecified atom stereocenters. The zero-order valence-corrected chi connectivity index (χ0v) is 22.6. The quantitative estimate of drug-likeness (QED) is 0.236. The standard InChI is InChI=1S/C30H17N5O4S2/c36-25(33-29-31-21-8-1-3-10-23(21)40-29)16-6-5-7-18(14-16)35-27(38)19-13-12-17(15-20(19)28(35)39)26(37)34-30-32-22-9-2-4-11-24(22)41-30/h1-15H,(H,31,33,36)(H,32,34,37). The zero-order chi connectivity index (χ0) is 28.1. The van der Waals surface area contributed by atoms with Crippen molar-refractivity contribution in [1.29, 1.82) is 0 Å². The smallest absolute Gasteiger partial charge is 0.266 e. The van der Waals surface area contributed by atoms with Crippen molar-refractivity contribution in [2.45, 2.75) is 0 Å². The summed E-state index contributed by atoms with van der Waals surface area (Å²) in [5.74, 6) is -1.98. The number of nitrogens with zero attached hydrogens (tertiary/aromatic N) is 3. The minimum Gasteiger partial charge on any atom is -0.298 e. The molecule has 0 fully saturated rings. The largest absolute Gasteiger partial charge is 0.298 e. The lowest BCUT2D eigenvalue weighted by molar-refractivity contribution is 0.0923. The molecular weight excluding hydrogens is 558 g/mol. The Balaban J connectivity index is 1.11. The Morgan fingerprint density at radius 2 is 1.17 bits per heavy atom. The van der Waals surface area contributed by atoms with Gasteiger partial charge in [0, 0.05) is 11.1 Å². The number of benzene rings is 4. The van der Waals surface area contributed by atoms with Crippen LogP contribution < -0.4 is 15.5 Å². The molecule has 2 aromatic heterocycles. The number of para-hydroxylation sites is 2. The Kier molecular flexibility index (Phi) is 5.88. The number of nitrogens with one attached hydrogen (secondary N) is 2. The van der Waals surface area contributed by atoms with Crippen LogP contribution in [0, 0.1) is 0 Å². The molecule has 9 nitrogen and oxygen atoms in total. The number of carbonyl (C=O) groups excluding carboxylic acids is 4. The SMILES string of the molecule is O=C(Nc1nc2ccccc2s1)c1cccc(N2C(=O)c3ccc(C(=O)Nc4nc5ccccc5s4)cc3C2=O)c1. The van der Waals surface area contributed by atoms with Gasteiger partial charge in [0.05, 0.1) is 37.2 Å². The topological polar surface area (TPSA) is 121 Å². The summed E-state index contributed by atoms with van der Waals surface area (Å²) in [5, 5.41) is 6.43. The highest BCUT2D eigenvalue weighted by molar-refractivity contribution is 7.22. The number of aromatic nitrogens is 2. The average Bonchev–Trinajstić information content (AvgIpc) is 3.66. The molecule has 4 amide bonds. The lowest BCUT2D eigenvalue weighted by atomic mass is 10.1. The number of anilines is 3. The summed E-state index contributed by atoms with van der Waals surface area (Å²) in [6.45, 7) is 0. The first kappa shape index (κ1) is 24.8. The van der Waals surface area contributed by atoms with E-state index in [2.05, 4.69) is 20.6 Å². The van der Waals surface area contributed by atoms with Crippen molar-refractivity contribution in [3.63, 3.8) is 0 Å². The van der Waals surface area contributed by atoms with Crippen LogP contribution in [-0.4, -0.2) is 33.6 Å². The first-order chi connectivity index (χ1) is 19.9. The zero-order valence-electron chi connectivity index (χ0n) is 21.0. The van der Waals surface area contributed by atoms with Gasteiger partial charge in [-0.2, -0.15) is 0 Å². The van der Waals surface area contributed by atoms with Gasteiger partial charge in [-0.15, -0.1) is 0 Å². The van der Waals surface area contributed by atoms with Gasteiger partial charge >= 0.3 is 0 Å². The van der Waals surface area contributed by atoms with Crippen molar-refractivity contribution in [2.24, 2.45) is 0 Å². The molecule has 1 aliphatic heterocycles. The molecule has 6 aromatic rings. The van der Waals surface area contributed by atoms with Crippen LogP contribution in [0.3, 0.4) is 0 Å². The van der Waals surface area contributed by atoms with Crippen LogP contribution in [0.1, 0.15) is 41.4 Å². The molecular formula is C30H17N5O4S2. The maximum Gasteiger partial charge on any atom is 0.266 e. The van der Waals surface area contributed by atoms with Gasteiger partial charge in [-0.3, -0.25) is 29.8 Å². The lowest BCUT2D eigenvalue weighted by Crippen LogP contribution is -2.29. The van der Waals surface area contributed by atoms with E-state index >= 15 is 0 Å². The number of imide groups is 1. The molecule has 0 aliphatic carbocycles. The van der Waals surface area contributed by atoms with Crippen molar-refractivity contribution in [1.82, 2.24) is 9.97 Å². The number of rotatable bonds is 5. The highest BCUT2D eigenvalue weighted by Crippen LogP contribution is 2.31. The molecule has 2 N–H and O–H groups in total. The second-order valence-electron chi connectivity index (χ2n) is 9.14. The minimum atomic E-state index is -0.580. The molecule has 0 saturated carbocycles. The molecule has 0 saturated heterocycles. The minimum absolute atomic E-state index is 0.108. The summed E-state index contributed by atoms with van der Waals surface area (Å²) in [7, 11) is 0. The molecule has 3 heterocycles.